The summed E-state index contributed by atoms with van der Waals surface area (Å²) in [7, 11) is 0. The minimum Gasteiger partial charge on any atom is -0.310 e. The van der Waals surface area contributed by atoms with Crippen LogP contribution in [0.2, 0.25) is 0 Å². The van der Waals surface area contributed by atoms with E-state index in [-0.39, 0.29) is 5.82 Å². The maximum Gasteiger partial charge on any atom is 0.123 e. The quantitative estimate of drug-likeness (QED) is 0.801. The predicted molar refractivity (Wildman–Crippen MR) is 65.7 cm³/mol. The monoisotopic (exact) mass is 227 g/mol. The topological polar surface area (TPSA) is 12.0 Å². The van der Waals surface area contributed by atoms with E-state index in [1.807, 2.05) is 17.8 Å². The molecule has 0 fully saturated rings. The van der Waals surface area contributed by atoms with Crippen LogP contribution >= 0.6 is 11.8 Å². The van der Waals surface area contributed by atoms with Gasteiger partial charge in [-0.25, -0.2) is 4.39 Å². The molecular weight excluding hydrogens is 209 g/mol. The minimum atomic E-state index is -0.161. The van der Waals surface area contributed by atoms with Crippen LogP contribution in [0.5, 0.6) is 0 Å². The van der Waals surface area contributed by atoms with Crippen LogP contribution in [-0.4, -0.2) is 18.1 Å². The SMILES string of the molecule is CSCCC(C)NCc1cccc(F)c1. The fourth-order valence-electron chi connectivity index (χ4n) is 1.34. The maximum absolute atomic E-state index is 12.9. The first-order valence-electron chi connectivity index (χ1n) is 5.19. The number of halogens is 1. The molecule has 0 radical (unpaired) electrons. The van der Waals surface area contributed by atoms with Crippen molar-refractivity contribution >= 4 is 11.8 Å². The molecule has 0 bridgehead atoms. The molecular formula is C12H18FNS. The number of thioether (sulfide) groups is 1. The third-order valence-electron chi connectivity index (χ3n) is 2.30. The molecule has 0 spiro atoms. The van der Waals surface area contributed by atoms with E-state index < -0.39 is 0 Å². The van der Waals surface area contributed by atoms with E-state index in [1.165, 1.54) is 6.07 Å². The molecule has 0 saturated carbocycles. The van der Waals surface area contributed by atoms with Gasteiger partial charge in [-0.3, -0.25) is 0 Å². The molecule has 3 heteroatoms. The molecule has 1 atom stereocenters. The largest absolute Gasteiger partial charge is 0.310 e. The molecule has 15 heavy (non-hydrogen) atoms. The molecule has 0 heterocycles. The van der Waals surface area contributed by atoms with Crippen LogP contribution in [-0.2, 0) is 6.54 Å². The van der Waals surface area contributed by atoms with Crippen molar-refractivity contribution < 1.29 is 4.39 Å². The van der Waals surface area contributed by atoms with E-state index in [0.29, 0.717) is 6.04 Å². The second kappa shape index (κ2) is 6.85. The van der Waals surface area contributed by atoms with Crippen molar-refractivity contribution in [3.8, 4) is 0 Å². The first-order valence-corrected chi connectivity index (χ1v) is 6.58. The summed E-state index contributed by atoms with van der Waals surface area (Å²) in [6, 6.07) is 7.23. The van der Waals surface area contributed by atoms with Crippen LogP contribution < -0.4 is 5.32 Å². The summed E-state index contributed by atoms with van der Waals surface area (Å²) < 4.78 is 12.9. The summed E-state index contributed by atoms with van der Waals surface area (Å²) in [5.74, 6) is 1.00. The van der Waals surface area contributed by atoms with Gasteiger partial charge in [-0.2, -0.15) is 11.8 Å². The van der Waals surface area contributed by atoms with Gasteiger partial charge in [0.15, 0.2) is 0 Å². The Kier molecular flexibility index (Phi) is 5.73. The Hall–Kier alpha value is -0.540. The first-order chi connectivity index (χ1) is 7.22. The van der Waals surface area contributed by atoms with Gasteiger partial charge in [0.25, 0.3) is 0 Å². The van der Waals surface area contributed by atoms with Crippen molar-refractivity contribution in [2.24, 2.45) is 0 Å². The Morgan fingerprint density at radius 1 is 1.47 bits per heavy atom. The molecule has 1 nitrogen and oxygen atoms in total. The summed E-state index contributed by atoms with van der Waals surface area (Å²) in [4.78, 5) is 0. The summed E-state index contributed by atoms with van der Waals surface area (Å²) in [6.07, 6.45) is 3.26. The minimum absolute atomic E-state index is 0.161. The first kappa shape index (κ1) is 12.5. The highest BCUT2D eigenvalue weighted by atomic mass is 32.2. The molecule has 1 aromatic carbocycles. The Morgan fingerprint density at radius 3 is 2.93 bits per heavy atom. The highest BCUT2D eigenvalue weighted by Crippen LogP contribution is 2.05. The summed E-state index contributed by atoms with van der Waals surface area (Å²) >= 11 is 1.85. The molecule has 0 amide bonds. The average molecular weight is 227 g/mol. The van der Waals surface area contributed by atoms with Gasteiger partial charge in [-0.1, -0.05) is 12.1 Å². The molecule has 84 valence electrons. The molecule has 1 unspecified atom stereocenters. The third-order valence-corrected chi connectivity index (χ3v) is 2.94. The number of benzene rings is 1. The van der Waals surface area contributed by atoms with E-state index in [2.05, 4.69) is 18.5 Å². The van der Waals surface area contributed by atoms with Crippen molar-refractivity contribution in [2.45, 2.75) is 25.9 Å². The number of rotatable bonds is 6. The average Bonchev–Trinajstić information content (AvgIpc) is 2.23. The molecule has 0 aromatic heterocycles. The standard InChI is InChI=1S/C12H18FNS/c1-10(6-7-15-2)14-9-11-4-3-5-12(13)8-11/h3-5,8,10,14H,6-7,9H2,1-2H3. The number of hydrogen-bond donors (Lipinski definition) is 1. The van der Waals surface area contributed by atoms with Crippen molar-refractivity contribution in [3.05, 3.63) is 35.6 Å². The fraction of sp³-hybridized carbons (Fsp3) is 0.500. The zero-order valence-corrected chi connectivity index (χ0v) is 10.1. The van der Waals surface area contributed by atoms with E-state index in [0.717, 1.165) is 24.3 Å². The van der Waals surface area contributed by atoms with Crippen molar-refractivity contribution in [3.63, 3.8) is 0 Å². The molecule has 0 aliphatic heterocycles. The van der Waals surface area contributed by atoms with Crippen LogP contribution in [0, 0.1) is 5.82 Å². The fourth-order valence-corrected chi connectivity index (χ4v) is 1.92. The molecule has 0 aliphatic carbocycles. The Balaban J connectivity index is 2.30. The van der Waals surface area contributed by atoms with Gasteiger partial charge in [-0.15, -0.1) is 0 Å². The number of hydrogen-bond acceptors (Lipinski definition) is 2. The maximum atomic E-state index is 12.9. The number of nitrogens with one attached hydrogen (secondary N) is 1. The Labute approximate surface area is 95.5 Å². The second-order valence-corrected chi connectivity index (χ2v) is 4.68. The van der Waals surface area contributed by atoms with Crippen LogP contribution in [0.1, 0.15) is 18.9 Å². The van der Waals surface area contributed by atoms with E-state index in [1.54, 1.807) is 12.1 Å². The van der Waals surface area contributed by atoms with Gasteiger partial charge in [0.2, 0.25) is 0 Å². The highest BCUT2D eigenvalue weighted by Gasteiger charge is 2.01. The van der Waals surface area contributed by atoms with Crippen LogP contribution in [0.25, 0.3) is 0 Å². The van der Waals surface area contributed by atoms with Gasteiger partial charge in [0.1, 0.15) is 5.82 Å². The van der Waals surface area contributed by atoms with Crippen molar-refractivity contribution in [2.75, 3.05) is 12.0 Å². The van der Waals surface area contributed by atoms with Crippen molar-refractivity contribution in [1.82, 2.24) is 5.32 Å². The van der Waals surface area contributed by atoms with Crippen molar-refractivity contribution in [1.29, 1.82) is 0 Å². The zero-order valence-electron chi connectivity index (χ0n) is 9.29. The lowest BCUT2D eigenvalue weighted by molar-refractivity contribution is 0.535. The van der Waals surface area contributed by atoms with E-state index in [4.69, 9.17) is 0 Å². The van der Waals surface area contributed by atoms with Gasteiger partial charge >= 0.3 is 0 Å². The third kappa shape index (κ3) is 5.19. The van der Waals surface area contributed by atoms with Gasteiger partial charge in [-0.05, 0) is 43.0 Å². The Morgan fingerprint density at radius 2 is 2.27 bits per heavy atom. The lowest BCUT2D eigenvalue weighted by atomic mass is 10.2. The van der Waals surface area contributed by atoms with Gasteiger partial charge < -0.3 is 5.32 Å². The molecule has 0 aliphatic rings. The normalized spacial score (nSPS) is 12.7. The van der Waals surface area contributed by atoms with E-state index >= 15 is 0 Å². The zero-order chi connectivity index (χ0) is 11.1. The molecule has 0 saturated heterocycles. The molecule has 1 aromatic rings. The smallest absolute Gasteiger partial charge is 0.123 e. The van der Waals surface area contributed by atoms with E-state index in [9.17, 15) is 4.39 Å². The molecule has 1 rings (SSSR count). The summed E-state index contributed by atoms with van der Waals surface area (Å²) in [5.41, 5.74) is 1.01. The molecule has 1 N–H and O–H groups in total. The second-order valence-electron chi connectivity index (χ2n) is 3.69. The Bertz CT molecular complexity index is 291. The van der Waals surface area contributed by atoms with Crippen LogP contribution in [0.4, 0.5) is 4.39 Å². The summed E-state index contributed by atoms with van der Waals surface area (Å²) in [6.45, 7) is 2.91. The van der Waals surface area contributed by atoms with Gasteiger partial charge in [0, 0.05) is 12.6 Å². The van der Waals surface area contributed by atoms with Crippen LogP contribution in [0.15, 0.2) is 24.3 Å². The highest BCUT2D eigenvalue weighted by molar-refractivity contribution is 7.98. The van der Waals surface area contributed by atoms with Gasteiger partial charge in [0.05, 0.1) is 0 Å². The lowest BCUT2D eigenvalue weighted by Gasteiger charge is -2.12. The lowest BCUT2D eigenvalue weighted by Crippen LogP contribution is -2.25. The summed E-state index contributed by atoms with van der Waals surface area (Å²) in [5, 5.41) is 3.38. The van der Waals surface area contributed by atoms with Crippen LogP contribution in [0.3, 0.4) is 0 Å². The predicted octanol–water partition coefficient (Wildman–Crippen LogP) is 3.06.